The van der Waals surface area contributed by atoms with E-state index in [1.54, 1.807) is 0 Å². The van der Waals surface area contributed by atoms with Crippen LogP contribution in [-0.2, 0) is 0 Å². The van der Waals surface area contributed by atoms with Gasteiger partial charge in [-0.1, -0.05) is 25.5 Å². The molecule has 5 nitrogen and oxygen atoms in total. The van der Waals surface area contributed by atoms with Crippen molar-refractivity contribution in [2.24, 2.45) is 0 Å². The maximum absolute atomic E-state index is 9.47. The van der Waals surface area contributed by atoms with E-state index in [9.17, 15) is 10.2 Å². The SMILES string of the molecule is CC/C=C/CCCCCN(CC(O)CO)CC(O)CO. The van der Waals surface area contributed by atoms with Gasteiger partial charge >= 0.3 is 0 Å². The van der Waals surface area contributed by atoms with Crippen LogP contribution in [0.2, 0.25) is 0 Å². The fourth-order valence-corrected chi connectivity index (χ4v) is 2.03. The lowest BCUT2D eigenvalue weighted by molar-refractivity contribution is 0.0228. The van der Waals surface area contributed by atoms with Crippen LogP contribution in [-0.4, -0.2) is 70.4 Å². The minimum Gasteiger partial charge on any atom is -0.394 e. The number of hydrogen-bond acceptors (Lipinski definition) is 5. The molecule has 2 atom stereocenters. The summed E-state index contributed by atoms with van der Waals surface area (Å²) in [7, 11) is 0. The lowest BCUT2D eigenvalue weighted by Gasteiger charge is -2.26. The molecular formula is C15H31NO4. The Balaban J connectivity index is 3.87. The number of aliphatic hydroxyl groups is 4. The van der Waals surface area contributed by atoms with Gasteiger partial charge in [-0.3, -0.25) is 4.90 Å². The van der Waals surface area contributed by atoms with Crippen molar-refractivity contribution in [2.75, 3.05) is 32.8 Å². The average Bonchev–Trinajstić information content (AvgIpc) is 2.45. The molecule has 0 heterocycles. The van der Waals surface area contributed by atoms with E-state index in [2.05, 4.69) is 19.1 Å². The highest BCUT2D eigenvalue weighted by atomic mass is 16.3. The summed E-state index contributed by atoms with van der Waals surface area (Å²) in [6.07, 6.45) is 8.14. The van der Waals surface area contributed by atoms with Crippen LogP contribution in [0.15, 0.2) is 12.2 Å². The third-order valence-electron chi connectivity index (χ3n) is 3.11. The van der Waals surface area contributed by atoms with Gasteiger partial charge in [0.1, 0.15) is 0 Å². The fraction of sp³-hybridized carbons (Fsp3) is 0.867. The van der Waals surface area contributed by atoms with Gasteiger partial charge in [-0.15, -0.1) is 0 Å². The minimum atomic E-state index is -0.798. The topological polar surface area (TPSA) is 84.2 Å². The molecule has 0 aromatic carbocycles. The fourth-order valence-electron chi connectivity index (χ4n) is 2.03. The second kappa shape index (κ2) is 13.5. The van der Waals surface area contributed by atoms with E-state index in [-0.39, 0.29) is 13.2 Å². The molecule has 0 radical (unpaired) electrons. The zero-order chi connectivity index (χ0) is 15.2. The molecule has 0 saturated heterocycles. The highest BCUT2D eigenvalue weighted by Gasteiger charge is 2.14. The molecule has 4 N–H and O–H groups in total. The predicted octanol–water partition coefficient (Wildman–Crippen LogP) is 0.521. The van der Waals surface area contributed by atoms with Gasteiger partial charge in [0.15, 0.2) is 0 Å². The van der Waals surface area contributed by atoms with Crippen molar-refractivity contribution in [1.82, 2.24) is 4.90 Å². The van der Waals surface area contributed by atoms with Crippen LogP contribution in [0.1, 0.15) is 39.0 Å². The summed E-state index contributed by atoms with van der Waals surface area (Å²) in [6.45, 7) is 2.95. The molecule has 0 aromatic rings. The normalized spacial score (nSPS) is 15.1. The highest BCUT2D eigenvalue weighted by molar-refractivity contribution is 4.79. The molecule has 0 saturated carbocycles. The molecule has 0 bridgehead atoms. The number of nitrogens with zero attached hydrogens (tertiary/aromatic N) is 1. The van der Waals surface area contributed by atoms with Gasteiger partial charge in [0, 0.05) is 13.1 Å². The van der Waals surface area contributed by atoms with Gasteiger partial charge in [0.25, 0.3) is 0 Å². The zero-order valence-corrected chi connectivity index (χ0v) is 12.6. The van der Waals surface area contributed by atoms with Gasteiger partial charge in [-0.2, -0.15) is 0 Å². The van der Waals surface area contributed by atoms with E-state index in [0.29, 0.717) is 13.1 Å². The van der Waals surface area contributed by atoms with Crippen LogP contribution in [0.3, 0.4) is 0 Å². The van der Waals surface area contributed by atoms with Crippen LogP contribution in [0.5, 0.6) is 0 Å². The van der Waals surface area contributed by atoms with E-state index in [0.717, 1.165) is 38.6 Å². The van der Waals surface area contributed by atoms with E-state index >= 15 is 0 Å². The van der Waals surface area contributed by atoms with Crippen LogP contribution < -0.4 is 0 Å². The van der Waals surface area contributed by atoms with E-state index in [1.165, 1.54) is 0 Å². The van der Waals surface area contributed by atoms with Crippen molar-refractivity contribution >= 4 is 0 Å². The molecule has 20 heavy (non-hydrogen) atoms. The summed E-state index contributed by atoms with van der Waals surface area (Å²) in [5.74, 6) is 0. The third-order valence-corrected chi connectivity index (χ3v) is 3.11. The van der Waals surface area contributed by atoms with Crippen LogP contribution in [0, 0.1) is 0 Å². The Morgan fingerprint density at radius 2 is 1.50 bits per heavy atom. The molecule has 0 aliphatic heterocycles. The highest BCUT2D eigenvalue weighted by Crippen LogP contribution is 2.05. The molecule has 0 rings (SSSR count). The lowest BCUT2D eigenvalue weighted by Crippen LogP contribution is -2.40. The van der Waals surface area contributed by atoms with Crippen LogP contribution in [0.4, 0.5) is 0 Å². The van der Waals surface area contributed by atoms with Gasteiger partial charge in [0.05, 0.1) is 25.4 Å². The van der Waals surface area contributed by atoms with Crippen molar-refractivity contribution in [3.05, 3.63) is 12.2 Å². The number of aliphatic hydroxyl groups excluding tert-OH is 4. The summed E-state index contributed by atoms with van der Waals surface area (Å²) < 4.78 is 0. The molecule has 0 spiro atoms. The van der Waals surface area contributed by atoms with Crippen molar-refractivity contribution in [1.29, 1.82) is 0 Å². The van der Waals surface area contributed by atoms with Gasteiger partial charge in [0.2, 0.25) is 0 Å². The second-order valence-electron chi connectivity index (χ2n) is 5.16. The maximum atomic E-state index is 9.47. The van der Waals surface area contributed by atoms with Crippen LogP contribution in [0.25, 0.3) is 0 Å². The molecule has 120 valence electrons. The Labute approximate surface area is 122 Å². The van der Waals surface area contributed by atoms with Crippen molar-refractivity contribution in [3.63, 3.8) is 0 Å². The Kier molecular flexibility index (Phi) is 13.2. The van der Waals surface area contributed by atoms with Gasteiger partial charge in [-0.05, 0) is 32.2 Å². The third kappa shape index (κ3) is 11.4. The first-order valence-corrected chi connectivity index (χ1v) is 7.59. The van der Waals surface area contributed by atoms with E-state index in [1.807, 2.05) is 4.90 Å². The van der Waals surface area contributed by atoms with Crippen molar-refractivity contribution < 1.29 is 20.4 Å². The molecule has 0 aliphatic carbocycles. The van der Waals surface area contributed by atoms with Crippen molar-refractivity contribution in [2.45, 2.75) is 51.2 Å². The number of unbranched alkanes of at least 4 members (excludes halogenated alkanes) is 3. The molecule has 2 unspecified atom stereocenters. The van der Waals surface area contributed by atoms with Crippen LogP contribution >= 0.6 is 0 Å². The Bertz CT molecular complexity index is 224. The standard InChI is InChI=1S/C15H31NO4/c1-2-3-4-5-6-7-8-9-16(10-14(19)12-17)11-15(20)13-18/h3-4,14-15,17-20H,2,5-13H2,1H3/b4-3+. The quantitative estimate of drug-likeness (QED) is 0.293. The molecule has 0 fully saturated rings. The summed E-state index contributed by atoms with van der Waals surface area (Å²) in [5, 5.41) is 36.7. The smallest absolute Gasteiger partial charge is 0.0897 e. The number of allylic oxidation sites excluding steroid dienone is 2. The van der Waals surface area contributed by atoms with Gasteiger partial charge in [-0.25, -0.2) is 0 Å². The monoisotopic (exact) mass is 289 g/mol. The Hall–Kier alpha value is -0.460. The zero-order valence-electron chi connectivity index (χ0n) is 12.6. The summed E-state index contributed by atoms with van der Waals surface area (Å²) in [4.78, 5) is 1.89. The largest absolute Gasteiger partial charge is 0.394 e. The number of rotatable bonds is 13. The molecule has 0 amide bonds. The lowest BCUT2D eigenvalue weighted by atomic mass is 10.1. The maximum Gasteiger partial charge on any atom is 0.0897 e. The first-order valence-electron chi connectivity index (χ1n) is 7.59. The molecule has 5 heteroatoms. The molecule has 0 aromatic heterocycles. The van der Waals surface area contributed by atoms with Crippen molar-refractivity contribution in [3.8, 4) is 0 Å². The minimum absolute atomic E-state index is 0.284. The summed E-state index contributed by atoms with van der Waals surface area (Å²) in [6, 6.07) is 0. The predicted molar refractivity (Wildman–Crippen MR) is 80.5 cm³/mol. The average molecular weight is 289 g/mol. The number of hydrogen-bond donors (Lipinski definition) is 4. The second-order valence-corrected chi connectivity index (χ2v) is 5.16. The van der Waals surface area contributed by atoms with Gasteiger partial charge < -0.3 is 20.4 Å². The first kappa shape index (κ1) is 19.5. The molecule has 0 aliphatic rings. The Morgan fingerprint density at radius 3 is 2.00 bits per heavy atom. The van der Waals surface area contributed by atoms with E-state index in [4.69, 9.17) is 10.2 Å². The van der Waals surface area contributed by atoms with E-state index < -0.39 is 12.2 Å². The Morgan fingerprint density at radius 1 is 0.900 bits per heavy atom. The summed E-state index contributed by atoms with van der Waals surface area (Å²) >= 11 is 0. The summed E-state index contributed by atoms with van der Waals surface area (Å²) in [5.41, 5.74) is 0. The first-order chi connectivity index (χ1) is 9.63. The molecular weight excluding hydrogens is 258 g/mol.